The molecule has 2 rings (SSSR count). The third kappa shape index (κ3) is 4.92. The van der Waals surface area contributed by atoms with Gasteiger partial charge in [0.15, 0.2) is 0 Å². The van der Waals surface area contributed by atoms with Crippen molar-refractivity contribution in [2.24, 2.45) is 5.92 Å². The smallest absolute Gasteiger partial charge is 0.326 e. The number of nitrogens with zero attached hydrogens (tertiary/aromatic N) is 2. The Kier molecular flexibility index (Phi) is 4.97. The van der Waals surface area contributed by atoms with Gasteiger partial charge in [0.1, 0.15) is 18.2 Å². The molecule has 0 atom stereocenters. The number of hydrogen-bond donors (Lipinski definition) is 0. The predicted molar refractivity (Wildman–Crippen MR) is 86.9 cm³/mol. The number of halogens is 1. The van der Waals surface area contributed by atoms with E-state index in [0.29, 0.717) is 16.5 Å². The zero-order valence-corrected chi connectivity index (χ0v) is 14.0. The normalized spacial score (nSPS) is 14.3. The molecule has 1 saturated carbocycles. The first kappa shape index (κ1) is 16.6. The molecule has 0 radical (unpaired) electrons. The standard InChI is InChI=1S/C17H21ClN2O2/c1-17(2,3)22-16(21)11-20(10-12-4-5-12)14-7-6-13(9-19)15(18)8-14/h6-8,12H,4-5,10-11H2,1-3H3. The highest BCUT2D eigenvalue weighted by molar-refractivity contribution is 6.32. The van der Waals surface area contributed by atoms with Gasteiger partial charge in [0.25, 0.3) is 0 Å². The number of ether oxygens (including phenoxy) is 1. The van der Waals surface area contributed by atoms with Crippen LogP contribution in [-0.2, 0) is 9.53 Å². The number of nitriles is 1. The summed E-state index contributed by atoms with van der Waals surface area (Å²) >= 11 is 6.10. The summed E-state index contributed by atoms with van der Waals surface area (Å²) in [6, 6.07) is 7.30. The lowest BCUT2D eigenvalue weighted by atomic mass is 10.2. The van der Waals surface area contributed by atoms with Crippen molar-refractivity contribution in [3.05, 3.63) is 28.8 Å². The number of anilines is 1. The van der Waals surface area contributed by atoms with Gasteiger partial charge in [-0.2, -0.15) is 5.26 Å². The highest BCUT2D eigenvalue weighted by Crippen LogP contribution is 2.32. The zero-order chi connectivity index (χ0) is 16.3. The van der Waals surface area contributed by atoms with Gasteiger partial charge >= 0.3 is 5.97 Å². The minimum absolute atomic E-state index is 0.190. The summed E-state index contributed by atoms with van der Waals surface area (Å²) in [6.07, 6.45) is 2.38. The van der Waals surface area contributed by atoms with Crippen molar-refractivity contribution < 1.29 is 9.53 Å². The van der Waals surface area contributed by atoms with Gasteiger partial charge in [-0.25, -0.2) is 0 Å². The first-order valence-electron chi connectivity index (χ1n) is 7.45. The Balaban J connectivity index is 2.13. The van der Waals surface area contributed by atoms with Gasteiger partial charge in [-0.1, -0.05) is 11.6 Å². The molecule has 1 aromatic carbocycles. The number of esters is 1. The average molecular weight is 321 g/mol. The van der Waals surface area contributed by atoms with Crippen molar-refractivity contribution >= 4 is 23.3 Å². The van der Waals surface area contributed by atoms with E-state index in [1.54, 1.807) is 12.1 Å². The molecule has 4 nitrogen and oxygen atoms in total. The van der Waals surface area contributed by atoms with Crippen molar-refractivity contribution in [3.63, 3.8) is 0 Å². The summed E-state index contributed by atoms with van der Waals surface area (Å²) in [5, 5.41) is 9.36. The van der Waals surface area contributed by atoms with E-state index in [4.69, 9.17) is 21.6 Å². The Bertz CT molecular complexity index is 598. The van der Waals surface area contributed by atoms with E-state index in [-0.39, 0.29) is 12.5 Å². The van der Waals surface area contributed by atoms with Crippen molar-refractivity contribution in [2.75, 3.05) is 18.0 Å². The van der Waals surface area contributed by atoms with Crippen LogP contribution in [0.5, 0.6) is 0 Å². The SMILES string of the molecule is CC(C)(C)OC(=O)CN(CC1CC1)c1ccc(C#N)c(Cl)c1. The van der Waals surface area contributed by atoms with Crippen LogP contribution in [0.2, 0.25) is 5.02 Å². The van der Waals surface area contributed by atoms with E-state index in [9.17, 15) is 4.79 Å². The van der Waals surface area contributed by atoms with Crippen molar-refractivity contribution in [3.8, 4) is 6.07 Å². The fourth-order valence-electron chi connectivity index (χ4n) is 2.19. The van der Waals surface area contributed by atoms with Gasteiger partial charge in [-0.05, 0) is 57.7 Å². The maximum absolute atomic E-state index is 12.1. The maximum Gasteiger partial charge on any atom is 0.326 e. The molecule has 5 heteroatoms. The summed E-state index contributed by atoms with van der Waals surface area (Å²) in [5.74, 6) is 0.366. The van der Waals surface area contributed by atoms with E-state index in [1.165, 1.54) is 12.8 Å². The molecule has 0 amide bonds. The van der Waals surface area contributed by atoms with Crippen LogP contribution in [0, 0.1) is 17.2 Å². The number of carbonyl (C=O) groups is 1. The summed E-state index contributed by atoms with van der Waals surface area (Å²) in [5.41, 5.74) is 0.792. The van der Waals surface area contributed by atoms with Crippen LogP contribution in [0.4, 0.5) is 5.69 Å². The Labute approximate surface area is 136 Å². The molecular formula is C17H21ClN2O2. The number of benzene rings is 1. The van der Waals surface area contributed by atoms with Gasteiger partial charge in [0.05, 0.1) is 10.6 Å². The number of hydrogen-bond acceptors (Lipinski definition) is 4. The molecular weight excluding hydrogens is 300 g/mol. The highest BCUT2D eigenvalue weighted by Gasteiger charge is 2.27. The lowest BCUT2D eigenvalue weighted by Gasteiger charge is -2.27. The van der Waals surface area contributed by atoms with E-state index in [2.05, 4.69) is 0 Å². The van der Waals surface area contributed by atoms with Crippen LogP contribution >= 0.6 is 11.6 Å². The quantitative estimate of drug-likeness (QED) is 0.775. The van der Waals surface area contributed by atoms with Crippen molar-refractivity contribution in [2.45, 2.75) is 39.2 Å². The molecule has 118 valence electrons. The second-order valence-corrected chi connectivity index (χ2v) is 7.09. The Hall–Kier alpha value is -1.73. The van der Waals surface area contributed by atoms with Gasteiger partial charge in [-0.3, -0.25) is 4.79 Å². The minimum Gasteiger partial charge on any atom is -0.459 e. The Morgan fingerprint density at radius 2 is 2.14 bits per heavy atom. The van der Waals surface area contributed by atoms with Gasteiger partial charge < -0.3 is 9.64 Å². The van der Waals surface area contributed by atoms with Crippen molar-refractivity contribution in [1.82, 2.24) is 0 Å². The molecule has 0 saturated heterocycles. The summed E-state index contributed by atoms with van der Waals surface area (Å²) in [4.78, 5) is 14.1. The monoisotopic (exact) mass is 320 g/mol. The minimum atomic E-state index is -0.495. The molecule has 0 aromatic heterocycles. The Morgan fingerprint density at radius 3 is 2.64 bits per heavy atom. The van der Waals surface area contributed by atoms with E-state index >= 15 is 0 Å². The largest absolute Gasteiger partial charge is 0.459 e. The van der Waals surface area contributed by atoms with Gasteiger partial charge in [0, 0.05) is 12.2 Å². The molecule has 1 aromatic rings. The van der Waals surface area contributed by atoms with Crippen LogP contribution in [0.1, 0.15) is 39.2 Å². The molecule has 0 bridgehead atoms. The average Bonchev–Trinajstić information content (AvgIpc) is 3.19. The van der Waals surface area contributed by atoms with Crippen LogP contribution in [0.25, 0.3) is 0 Å². The summed E-state index contributed by atoms with van der Waals surface area (Å²) < 4.78 is 5.40. The lowest BCUT2D eigenvalue weighted by Crippen LogP contribution is -2.36. The molecule has 1 aliphatic rings. The summed E-state index contributed by atoms with van der Waals surface area (Å²) in [6.45, 7) is 6.57. The van der Waals surface area contributed by atoms with Crippen LogP contribution < -0.4 is 4.90 Å². The Morgan fingerprint density at radius 1 is 1.45 bits per heavy atom. The zero-order valence-electron chi connectivity index (χ0n) is 13.2. The molecule has 22 heavy (non-hydrogen) atoms. The topological polar surface area (TPSA) is 53.3 Å². The van der Waals surface area contributed by atoms with Crippen LogP contribution in [0.15, 0.2) is 18.2 Å². The van der Waals surface area contributed by atoms with Gasteiger partial charge in [0.2, 0.25) is 0 Å². The van der Waals surface area contributed by atoms with Crippen LogP contribution in [0.3, 0.4) is 0 Å². The van der Waals surface area contributed by atoms with Crippen LogP contribution in [-0.4, -0.2) is 24.7 Å². The first-order chi connectivity index (χ1) is 10.3. The highest BCUT2D eigenvalue weighted by atomic mass is 35.5. The molecule has 1 aliphatic carbocycles. The van der Waals surface area contributed by atoms with Crippen molar-refractivity contribution in [1.29, 1.82) is 5.26 Å². The third-order valence-electron chi connectivity index (χ3n) is 3.35. The summed E-state index contributed by atoms with van der Waals surface area (Å²) in [7, 11) is 0. The predicted octanol–water partition coefficient (Wildman–Crippen LogP) is 3.77. The molecule has 1 fully saturated rings. The number of rotatable bonds is 5. The van der Waals surface area contributed by atoms with E-state index in [1.807, 2.05) is 37.8 Å². The second-order valence-electron chi connectivity index (χ2n) is 6.69. The van der Waals surface area contributed by atoms with Gasteiger partial charge in [-0.15, -0.1) is 0 Å². The van der Waals surface area contributed by atoms with E-state index < -0.39 is 5.60 Å². The fourth-order valence-corrected chi connectivity index (χ4v) is 2.41. The molecule has 0 aliphatic heterocycles. The molecule has 0 heterocycles. The first-order valence-corrected chi connectivity index (χ1v) is 7.83. The second kappa shape index (κ2) is 6.58. The molecule has 0 N–H and O–H groups in total. The lowest BCUT2D eigenvalue weighted by molar-refractivity contribution is -0.153. The fraction of sp³-hybridized carbons (Fsp3) is 0.529. The van der Waals surface area contributed by atoms with E-state index in [0.717, 1.165) is 12.2 Å². The molecule has 0 spiro atoms. The maximum atomic E-state index is 12.1. The number of carbonyl (C=O) groups excluding carboxylic acids is 1. The third-order valence-corrected chi connectivity index (χ3v) is 3.67. The molecule has 0 unspecified atom stereocenters.